The molecule has 0 radical (unpaired) electrons. The zero-order valence-corrected chi connectivity index (χ0v) is 10.9. The van der Waals surface area contributed by atoms with Gasteiger partial charge in [0, 0.05) is 6.54 Å². The molecule has 0 bridgehead atoms. The van der Waals surface area contributed by atoms with E-state index in [2.05, 4.69) is 10.3 Å². The SMILES string of the molecule is O=C(O)C(NCc1ncc(Cl)s1)c1ccccc1. The van der Waals surface area contributed by atoms with Gasteiger partial charge in [-0.3, -0.25) is 10.1 Å². The number of halogens is 1. The molecule has 0 fully saturated rings. The monoisotopic (exact) mass is 282 g/mol. The van der Waals surface area contributed by atoms with Crippen molar-refractivity contribution in [1.29, 1.82) is 0 Å². The molecule has 1 aromatic heterocycles. The van der Waals surface area contributed by atoms with Crippen molar-refractivity contribution >= 4 is 28.9 Å². The van der Waals surface area contributed by atoms with Crippen LogP contribution in [0.1, 0.15) is 16.6 Å². The lowest BCUT2D eigenvalue weighted by molar-refractivity contribution is -0.139. The number of nitrogens with one attached hydrogen (secondary N) is 1. The second-order valence-electron chi connectivity index (χ2n) is 3.62. The second-order valence-corrected chi connectivity index (χ2v) is 5.37. The van der Waals surface area contributed by atoms with Crippen molar-refractivity contribution < 1.29 is 9.90 Å². The number of rotatable bonds is 5. The molecular formula is C12H11ClN2O2S. The fraction of sp³-hybridized carbons (Fsp3) is 0.167. The van der Waals surface area contributed by atoms with Crippen LogP contribution < -0.4 is 5.32 Å². The average molecular weight is 283 g/mol. The number of aromatic nitrogens is 1. The smallest absolute Gasteiger partial charge is 0.325 e. The first-order chi connectivity index (χ1) is 8.66. The third-order valence-corrected chi connectivity index (χ3v) is 3.48. The topological polar surface area (TPSA) is 62.2 Å². The molecule has 0 aliphatic rings. The van der Waals surface area contributed by atoms with Crippen molar-refractivity contribution in [3.63, 3.8) is 0 Å². The molecule has 0 aliphatic heterocycles. The number of thiazole rings is 1. The quantitative estimate of drug-likeness (QED) is 0.885. The van der Waals surface area contributed by atoms with E-state index in [1.54, 1.807) is 18.3 Å². The number of nitrogens with zero attached hydrogens (tertiary/aromatic N) is 1. The van der Waals surface area contributed by atoms with Crippen LogP contribution in [0.25, 0.3) is 0 Å². The highest BCUT2D eigenvalue weighted by molar-refractivity contribution is 7.15. The molecule has 94 valence electrons. The molecule has 0 amide bonds. The Morgan fingerprint density at radius 1 is 1.44 bits per heavy atom. The van der Waals surface area contributed by atoms with E-state index in [-0.39, 0.29) is 0 Å². The van der Waals surface area contributed by atoms with Gasteiger partial charge < -0.3 is 5.11 Å². The average Bonchev–Trinajstić information content (AvgIpc) is 2.76. The summed E-state index contributed by atoms with van der Waals surface area (Å²) >= 11 is 7.10. The maximum Gasteiger partial charge on any atom is 0.325 e. The molecule has 4 nitrogen and oxygen atoms in total. The number of benzene rings is 1. The summed E-state index contributed by atoms with van der Waals surface area (Å²) in [7, 11) is 0. The van der Waals surface area contributed by atoms with E-state index in [1.165, 1.54) is 11.3 Å². The summed E-state index contributed by atoms with van der Waals surface area (Å²) in [6.07, 6.45) is 1.56. The lowest BCUT2D eigenvalue weighted by Gasteiger charge is -2.13. The van der Waals surface area contributed by atoms with Gasteiger partial charge in [-0.15, -0.1) is 11.3 Å². The lowest BCUT2D eigenvalue weighted by atomic mass is 10.1. The predicted molar refractivity (Wildman–Crippen MR) is 70.8 cm³/mol. The van der Waals surface area contributed by atoms with Crippen molar-refractivity contribution in [2.75, 3.05) is 0 Å². The maximum atomic E-state index is 11.2. The van der Waals surface area contributed by atoms with Crippen molar-refractivity contribution in [2.24, 2.45) is 0 Å². The molecule has 6 heteroatoms. The van der Waals surface area contributed by atoms with E-state index in [4.69, 9.17) is 11.6 Å². The number of hydrogen-bond acceptors (Lipinski definition) is 4. The van der Waals surface area contributed by atoms with Gasteiger partial charge in [-0.25, -0.2) is 4.98 Å². The molecular weight excluding hydrogens is 272 g/mol. The van der Waals surface area contributed by atoms with E-state index < -0.39 is 12.0 Å². The van der Waals surface area contributed by atoms with Crippen LogP contribution in [0.3, 0.4) is 0 Å². The Morgan fingerprint density at radius 3 is 2.72 bits per heavy atom. The normalized spacial score (nSPS) is 12.3. The van der Waals surface area contributed by atoms with E-state index in [0.717, 1.165) is 5.01 Å². The summed E-state index contributed by atoms with van der Waals surface area (Å²) in [5.41, 5.74) is 0.715. The molecule has 1 aromatic carbocycles. The zero-order chi connectivity index (χ0) is 13.0. The van der Waals surface area contributed by atoms with E-state index in [9.17, 15) is 9.90 Å². The fourth-order valence-corrected chi connectivity index (χ4v) is 2.46. The largest absolute Gasteiger partial charge is 0.480 e. The van der Waals surface area contributed by atoms with Gasteiger partial charge >= 0.3 is 5.97 Å². The van der Waals surface area contributed by atoms with Crippen LogP contribution in [0, 0.1) is 0 Å². The van der Waals surface area contributed by atoms with Crippen molar-refractivity contribution in [1.82, 2.24) is 10.3 Å². The Kier molecular flexibility index (Phi) is 4.30. The highest BCUT2D eigenvalue weighted by Gasteiger charge is 2.19. The van der Waals surface area contributed by atoms with Gasteiger partial charge in [0.25, 0.3) is 0 Å². The van der Waals surface area contributed by atoms with Crippen molar-refractivity contribution in [3.05, 3.63) is 51.4 Å². The van der Waals surface area contributed by atoms with E-state index in [1.807, 2.05) is 18.2 Å². The van der Waals surface area contributed by atoms with Gasteiger partial charge in [0.15, 0.2) is 0 Å². The highest BCUT2D eigenvalue weighted by Crippen LogP contribution is 2.19. The molecule has 2 N–H and O–H groups in total. The standard InChI is InChI=1S/C12H11ClN2O2S/c13-9-6-14-10(18-9)7-15-11(12(16)17)8-4-2-1-3-5-8/h1-6,11,15H,7H2,(H,16,17). The summed E-state index contributed by atoms with van der Waals surface area (Å²) < 4.78 is 0.596. The second kappa shape index (κ2) is 5.95. The van der Waals surface area contributed by atoms with Gasteiger partial charge in [0.05, 0.1) is 6.20 Å². The minimum atomic E-state index is -0.913. The molecule has 1 unspecified atom stereocenters. The highest BCUT2D eigenvalue weighted by atomic mass is 35.5. The first-order valence-electron chi connectivity index (χ1n) is 5.28. The Hall–Kier alpha value is -1.43. The van der Waals surface area contributed by atoms with E-state index in [0.29, 0.717) is 16.4 Å². The third kappa shape index (κ3) is 3.29. The Morgan fingerprint density at radius 2 is 2.17 bits per heavy atom. The summed E-state index contributed by atoms with van der Waals surface area (Å²) in [4.78, 5) is 15.3. The van der Waals surface area contributed by atoms with Gasteiger partial charge in [-0.05, 0) is 5.56 Å². The Bertz CT molecular complexity index is 530. The number of carboxylic acids is 1. The molecule has 1 atom stereocenters. The lowest BCUT2D eigenvalue weighted by Crippen LogP contribution is -2.27. The third-order valence-electron chi connectivity index (χ3n) is 2.36. The molecule has 18 heavy (non-hydrogen) atoms. The molecule has 0 saturated carbocycles. The zero-order valence-electron chi connectivity index (χ0n) is 9.34. The summed E-state index contributed by atoms with van der Waals surface area (Å²) in [5.74, 6) is -0.913. The first-order valence-corrected chi connectivity index (χ1v) is 6.47. The molecule has 2 rings (SSSR count). The molecule has 0 saturated heterocycles. The van der Waals surface area contributed by atoms with Gasteiger partial charge in [0.1, 0.15) is 15.4 Å². The Labute approximate surface area is 113 Å². The number of carboxylic acid groups (broad SMARTS) is 1. The number of carbonyl (C=O) groups is 1. The minimum Gasteiger partial charge on any atom is -0.480 e. The van der Waals surface area contributed by atoms with E-state index >= 15 is 0 Å². The first kappa shape index (κ1) is 13.0. The van der Waals surface area contributed by atoms with Crippen LogP contribution in [0.2, 0.25) is 4.34 Å². The van der Waals surface area contributed by atoms with Crippen LogP contribution in [-0.2, 0) is 11.3 Å². The van der Waals surface area contributed by atoms with Gasteiger partial charge in [-0.2, -0.15) is 0 Å². The summed E-state index contributed by atoms with van der Waals surface area (Å²) in [6, 6.07) is 8.29. The molecule has 0 aliphatic carbocycles. The predicted octanol–water partition coefficient (Wildman–Crippen LogP) is 2.71. The molecule has 0 spiro atoms. The van der Waals surface area contributed by atoms with Crippen LogP contribution in [0.15, 0.2) is 36.5 Å². The number of hydrogen-bond donors (Lipinski definition) is 2. The molecule has 2 aromatic rings. The van der Waals surface area contributed by atoms with Crippen LogP contribution in [0.4, 0.5) is 0 Å². The maximum absolute atomic E-state index is 11.2. The van der Waals surface area contributed by atoms with Gasteiger partial charge in [-0.1, -0.05) is 41.9 Å². The van der Waals surface area contributed by atoms with Crippen molar-refractivity contribution in [2.45, 2.75) is 12.6 Å². The number of aliphatic carboxylic acids is 1. The minimum absolute atomic E-state index is 0.378. The van der Waals surface area contributed by atoms with Crippen molar-refractivity contribution in [3.8, 4) is 0 Å². The Balaban J connectivity index is 2.06. The van der Waals surface area contributed by atoms with Crippen LogP contribution >= 0.6 is 22.9 Å². The summed E-state index contributed by atoms with van der Waals surface area (Å²) in [6.45, 7) is 0.378. The fourth-order valence-electron chi connectivity index (χ4n) is 1.55. The summed E-state index contributed by atoms with van der Waals surface area (Å²) in [5, 5.41) is 12.9. The van der Waals surface area contributed by atoms with Crippen LogP contribution in [-0.4, -0.2) is 16.1 Å². The van der Waals surface area contributed by atoms with Crippen LogP contribution in [0.5, 0.6) is 0 Å². The van der Waals surface area contributed by atoms with Gasteiger partial charge in [0.2, 0.25) is 0 Å². The molecule has 1 heterocycles.